The molecule has 2 aromatic carbocycles. The van der Waals surface area contributed by atoms with Gasteiger partial charge in [0.2, 0.25) is 5.91 Å². The van der Waals surface area contributed by atoms with Gasteiger partial charge in [0.15, 0.2) is 0 Å². The van der Waals surface area contributed by atoms with Crippen molar-refractivity contribution >= 4 is 23.5 Å². The summed E-state index contributed by atoms with van der Waals surface area (Å²) in [7, 11) is 0. The van der Waals surface area contributed by atoms with Crippen LogP contribution >= 0.6 is 0 Å². The fraction of sp³-hybridized carbons (Fsp3) is 0.348. The van der Waals surface area contributed by atoms with E-state index in [1.807, 2.05) is 17.0 Å². The summed E-state index contributed by atoms with van der Waals surface area (Å²) in [4.78, 5) is 37.7. The molecule has 1 aliphatic heterocycles. The molecule has 1 saturated heterocycles. The lowest BCUT2D eigenvalue weighted by Crippen LogP contribution is -2.42. The molecule has 1 heterocycles. The highest BCUT2D eigenvalue weighted by Crippen LogP contribution is 2.44. The summed E-state index contributed by atoms with van der Waals surface area (Å²) in [6.07, 6.45) is 3.76. The summed E-state index contributed by atoms with van der Waals surface area (Å²) < 4.78 is 0. The molecule has 0 unspecified atom stereocenters. The van der Waals surface area contributed by atoms with Gasteiger partial charge in [-0.15, -0.1) is 0 Å². The molecule has 0 bridgehead atoms. The van der Waals surface area contributed by atoms with Gasteiger partial charge in [-0.25, -0.2) is 0 Å². The van der Waals surface area contributed by atoms with Crippen LogP contribution in [-0.2, 0) is 21.5 Å². The van der Waals surface area contributed by atoms with E-state index in [-0.39, 0.29) is 11.8 Å². The summed E-state index contributed by atoms with van der Waals surface area (Å²) in [5.41, 5.74) is 2.18. The number of hydrogen-bond acceptors (Lipinski definition) is 3. The number of carboxylic acids is 1. The highest BCUT2D eigenvalue weighted by Gasteiger charge is 2.45. The second kappa shape index (κ2) is 7.70. The van der Waals surface area contributed by atoms with Gasteiger partial charge in [-0.05, 0) is 54.7 Å². The third kappa shape index (κ3) is 3.75. The zero-order chi connectivity index (χ0) is 20.4. The van der Waals surface area contributed by atoms with E-state index in [4.69, 9.17) is 0 Å². The van der Waals surface area contributed by atoms with Gasteiger partial charge in [-0.3, -0.25) is 14.4 Å². The molecule has 0 atom stereocenters. The Morgan fingerprint density at radius 1 is 1.00 bits per heavy atom. The molecule has 4 rings (SSSR count). The molecule has 29 heavy (non-hydrogen) atoms. The Balaban J connectivity index is 1.39. The maximum Gasteiger partial charge on any atom is 0.314 e. The van der Waals surface area contributed by atoms with Crippen molar-refractivity contribution in [2.45, 2.75) is 44.1 Å². The lowest BCUT2D eigenvalue weighted by Gasteiger charge is -2.38. The van der Waals surface area contributed by atoms with Crippen molar-refractivity contribution < 1.29 is 19.5 Å². The number of carboxylic acid groups (broad SMARTS) is 1. The molecule has 1 saturated carbocycles. The van der Waals surface area contributed by atoms with Gasteiger partial charge in [0.1, 0.15) is 0 Å². The third-order valence-corrected chi connectivity index (χ3v) is 6.07. The lowest BCUT2D eigenvalue weighted by molar-refractivity contribution is -0.147. The molecule has 6 heteroatoms. The van der Waals surface area contributed by atoms with Gasteiger partial charge in [-0.1, -0.05) is 30.7 Å². The van der Waals surface area contributed by atoms with Crippen molar-refractivity contribution in [1.82, 2.24) is 4.90 Å². The zero-order valence-electron chi connectivity index (χ0n) is 16.2. The topological polar surface area (TPSA) is 86.7 Å². The molecule has 2 fully saturated rings. The van der Waals surface area contributed by atoms with Gasteiger partial charge in [0, 0.05) is 30.8 Å². The maximum absolute atomic E-state index is 12.5. The highest BCUT2D eigenvalue weighted by atomic mass is 16.4. The first-order valence-corrected chi connectivity index (χ1v) is 10.00. The fourth-order valence-electron chi connectivity index (χ4n) is 4.09. The van der Waals surface area contributed by atoms with Gasteiger partial charge in [0.25, 0.3) is 5.91 Å². The summed E-state index contributed by atoms with van der Waals surface area (Å²) in [6, 6.07) is 14.3. The number of aliphatic carboxylic acids is 1. The highest BCUT2D eigenvalue weighted by molar-refractivity contribution is 6.04. The summed E-state index contributed by atoms with van der Waals surface area (Å²) in [5, 5.41) is 12.4. The monoisotopic (exact) mass is 392 g/mol. The Morgan fingerprint density at radius 2 is 1.69 bits per heavy atom. The van der Waals surface area contributed by atoms with E-state index < -0.39 is 11.4 Å². The number of likely N-dealkylation sites (tertiary alicyclic amines) is 1. The number of anilines is 1. The molecule has 0 radical (unpaired) electrons. The number of nitrogens with one attached hydrogen (secondary N) is 1. The molecule has 2 amide bonds. The lowest BCUT2D eigenvalue weighted by atomic mass is 9.64. The van der Waals surface area contributed by atoms with Crippen LogP contribution in [0.2, 0.25) is 0 Å². The average Bonchev–Trinajstić information content (AvgIpc) is 3.07. The number of hydrogen-bond donors (Lipinski definition) is 2. The Hall–Kier alpha value is -3.15. The van der Waals surface area contributed by atoms with Gasteiger partial charge in [-0.2, -0.15) is 0 Å². The van der Waals surface area contributed by atoms with Crippen LogP contribution in [0.1, 0.15) is 53.6 Å². The first-order valence-electron chi connectivity index (χ1n) is 10.00. The average molecular weight is 392 g/mol. The van der Waals surface area contributed by atoms with Crippen molar-refractivity contribution in [3.8, 4) is 0 Å². The molecule has 0 aromatic heterocycles. The van der Waals surface area contributed by atoms with Crippen molar-refractivity contribution in [1.29, 1.82) is 0 Å². The summed E-state index contributed by atoms with van der Waals surface area (Å²) in [6.45, 7) is 1.37. The van der Waals surface area contributed by atoms with E-state index in [1.165, 1.54) is 0 Å². The van der Waals surface area contributed by atoms with Crippen molar-refractivity contribution in [2.75, 3.05) is 11.9 Å². The van der Waals surface area contributed by atoms with Crippen LogP contribution in [0.15, 0.2) is 48.5 Å². The minimum Gasteiger partial charge on any atom is -0.481 e. The third-order valence-electron chi connectivity index (χ3n) is 6.07. The smallest absolute Gasteiger partial charge is 0.314 e. The Labute approximate surface area is 169 Å². The Kier molecular flexibility index (Phi) is 5.09. The number of carbonyl (C=O) groups is 3. The predicted octanol–water partition coefficient (Wildman–Crippen LogP) is 3.57. The predicted molar refractivity (Wildman–Crippen MR) is 109 cm³/mol. The van der Waals surface area contributed by atoms with E-state index in [0.29, 0.717) is 37.1 Å². The van der Waals surface area contributed by atoms with Crippen LogP contribution in [-0.4, -0.2) is 34.3 Å². The van der Waals surface area contributed by atoms with E-state index in [0.717, 1.165) is 30.5 Å². The van der Waals surface area contributed by atoms with Crippen LogP contribution in [0.25, 0.3) is 0 Å². The fourth-order valence-corrected chi connectivity index (χ4v) is 4.09. The Bertz CT molecular complexity index is 930. The van der Waals surface area contributed by atoms with Gasteiger partial charge < -0.3 is 15.3 Å². The van der Waals surface area contributed by atoms with E-state index >= 15 is 0 Å². The molecular weight excluding hydrogens is 368 g/mol. The number of nitrogens with zero attached hydrogens (tertiary/aromatic N) is 1. The summed E-state index contributed by atoms with van der Waals surface area (Å²) in [5.74, 6) is -0.823. The largest absolute Gasteiger partial charge is 0.481 e. The molecule has 150 valence electrons. The minimum atomic E-state index is -0.781. The Morgan fingerprint density at radius 3 is 2.21 bits per heavy atom. The van der Waals surface area contributed by atoms with Gasteiger partial charge >= 0.3 is 5.97 Å². The quantitative estimate of drug-likeness (QED) is 0.787. The van der Waals surface area contributed by atoms with Crippen LogP contribution in [0, 0.1) is 0 Å². The van der Waals surface area contributed by atoms with Crippen LogP contribution in [0.4, 0.5) is 5.69 Å². The second-order valence-electron chi connectivity index (χ2n) is 7.89. The maximum atomic E-state index is 12.5. The van der Waals surface area contributed by atoms with E-state index in [9.17, 15) is 19.5 Å². The van der Waals surface area contributed by atoms with Gasteiger partial charge in [0.05, 0.1) is 5.41 Å². The second-order valence-corrected chi connectivity index (χ2v) is 7.89. The van der Waals surface area contributed by atoms with Crippen molar-refractivity contribution in [2.24, 2.45) is 0 Å². The van der Waals surface area contributed by atoms with Crippen molar-refractivity contribution in [3.63, 3.8) is 0 Å². The van der Waals surface area contributed by atoms with Crippen LogP contribution < -0.4 is 5.32 Å². The molecule has 2 N–H and O–H groups in total. The van der Waals surface area contributed by atoms with Crippen LogP contribution in [0.5, 0.6) is 0 Å². The molecule has 0 spiro atoms. The number of rotatable bonds is 6. The summed E-state index contributed by atoms with van der Waals surface area (Å²) >= 11 is 0. The number of amides is 2. The molecule has 2 aliphatic rings. The molecular formula is C23H24N2O4. The number of benzene rings is 2. The standard InChI is InChI=1S/C23H24N2O4/c26-20-3-1-14-25(20)15-16-4-6-17(7-5-16)21(27)24-19-10-8-18(9-11-19)23(22(28)29)12-2-13-23/h4-11H,1-3,12-15H2,(H,24,27)(H,28,29). The van der Waals surface area contributed by atoms with E-state index in [1.54, 1.807) is 36.4 Å². The first-order chi connectivity index (χ1) is 14.0. The van der Waals surface area contributed by atoms with Crippen molar-refractivity contribution in [3.05, 3.63) is 65.2 Å². The minimum absolute atomic E-state index is 0.182. The normalized spacial score (nSPS) is 17.7. The zero-order valence-corrected chi connectivity index (χ0v) is 16.2. The molecule has 2 aromatic rings. The van der Waals surface area contributed by atoms with Crippen LogP contribution in [0.3, 0.4) is 0 Å². The molecule has 1 aliphatic carbocycles. The number of carbonyl (C=O) groups excluding carboxylic acids is 2. The molecule has 6 nitrogen and oxygen atoms in total. The van der Waals surface area contributed by atoms with E-state index in [2.05, 4.69) is 5.32 Å². The first kappa shape index (κ1) is 19.2. The SMILES string of the molecule is O=C(Nc1ccc(C2(C(=O)O)CCC2)cc1)c1ccc(CN2CCCC2=O)cc1.